The highest BCUT2D eigenvalue weighted by molar-refractivity contribution is 7.13. The zero-order valence-electron chi connectivity index (χ0n) is 18.4. The fourth-order valence-corrected chi connectivity index (χ4v) is 4.90. The second kappa shape index (κ2) is 9.29. The molecular weight excluding hydrogens is 438 g/mol. The number of nitrogens with zero attached hydrogens (tertiary/aromatic N) is 5. The Balaban J connectivity index is 1.16. The Morgan fingerprint density at radius 3 is 2.73 bits per heavy atom. The normalized spacial score (nSPS) is 14.8. The minimum atomic E-state index is -0.168. The molecule has 0 unspecified atom stereocenters. The highest BCUT2D eigenvalue weighted by Crippen LogP contribution is 2.22. The Hall–Kier alpha value is -3.30. The molecule has 1 aromatic carbocycles. The summed E-state index contributed by atoms with van der Waals surface area (Å²) in [5.74, 6) is 1.23. The van der Waals surface area contributed by atoms with Crippen molar-refractivity contribution in [2.45, 2.75) is 12.8 Å². The smallest absolute Gasteiger partial charge is 0.254 e. The van der Waals surface area contributed by atoms with Crippen molar-refractivity contribution < 1.29 is 9.32 Å². The number of aromatic nitrogens is 3. The largest absolute Gasteiger partial charge is 0.339 e. The maximum atomic E-state index is 13.2. The van der Waals surface area contributed by atoms with Crippen molar-refractivity contribution in [1.29, 1.82) is 0 Å². The van der Waals surface area contributed by atoms with Gasteiger partial charge in [0.15, 0.2) is 0 Å². The summed E-state index contributed by atoms with van der Waals surface area (Å²) in [5, 5.41) is 6.87. The minimum Gasteiger partial charge on any atom is -0.339 e. The molecule has 1 amide bonds. The molecule has 5 rings (SSSR count). The number of thiophene rings is 1. The van der Waals surface area contributed by atoms with Crippen LogP contribution < -0.4 is 5.56 Å². The number of hydrogen-bond donors (Lipinski definition) is 0. The van der Waals surface area contributed by atoms with Gasteiger partial charge in [-0.05, 0) is 30.5 Å². The van der Waals surface area contributed by atoms with Crippen LogP contribution in [0.1, 0.15) is 22.7 Å². The summed E-state index contributed by atoms with van der Waals surface area (Å²) >= 11 is 1.59. The molecule has 0 N–H and O–H groups in total. The van der Waals surface area contributed by atoms with Crippen LogP contribution in [0.15, 0.2) is 57.2 Å². The SMILES string of the molecule is Cn1c(=O)cc(C(=O)N2CCN(CCCc3nc(-c4cccs4)no3)CC2)c2ccccc21. The van der Waals surface area contributed by atoms with Crippen molar-refractivity contribution in [2.75, 3.05) is 32.7 Å². The number of rotatable bonds is 6. The standard InChI is InChI=1S/C24H25N5O3S/c1-27-19-7-3-2-6-17(19)18(16-22(27)30)24(31)29-13-11-28(12-14-29)10-4-9-21-25-23(26-32-21)20-8-5-15-33-20/h2-3,5-8,15-16H,4,9-14H2,1H3. The average Bonchev–Trinajstić information content (AvgIpc) is 3.54. The van der Waals surface area contributed by atoms with E-state index in [1.54, 1.807) is 23.0 Å². The first-order valence-corrected chi connectivity index (χ1v) is 11.9. The molecule has 1 saturated heterocycles. The van der Waals surface area contributed by atoms with Gasteiger partial charge in [-0.2, -0.15) is 4.98 Å². The molecule has 0 radical (unpaired) electrons. The van der Waals surface area contributed by atoms with Crippen molar-refractivity contribution in [3.63, 3.8) is 0 Å². The predicted octanol–water partition coefficient (Wildman–Crippen LogP) is 3.04. The summed E-state index contributed by atoms with van der Waals surface area (Å²) in [4.78, 5) is 35.3. The highest BCUT2D eigenvalue weighted by Gasteiger charge is 2.24. The number of piperazine rings is 1. The number of amides is 1. The fourth-order valence-electron chi connectivity index (χ4n) is 4.25. The summed E-state index contributed by atoms with van der Waals surface area (Å²) < 4.78 is 6.96. The van der Waals surface area contributed by atoms with Gasteiger partial charge in [0, 0.05) is 51.1 Å². The van der Waals surface area contributed by atoms with Gasteiger partial charge in [-0.25, -0.2) is 0 Å². The van der Waals surface area contributed by atoms with Crippen LogP contribution >= 0.6 is 11.3 Å². The van der Waals surface area contributed by atoms with E-state index in [-0.39, 0.29) is 11.5 Å². The number of carbonyl (C=O) groups excluding carboxylic acids is 1. The van der Waals surface area contributed by atoms with Crippen LogP contribution in [0.5, 0.6) is 0 Å². The van der Waals surface area contributed by atoms with Gasteiger partial charge in [-0.15, -0.1) is 11.3 Å². The molecule has 3 aromatic heterocycles. The Bertz CT molecular complexity index is 1320. The molecule has 33 heavy (non-hydrogen) atoms. The summed E-state index contributed by atoms with van der Waals surface area (Å²) in [7, 11) is 1.73. The maximum Gasteiger partial charge on any atom is 0.254 e. The Morgan fingerprint density at radius 1 is 1.12 bits per heavy atom. The van der Waals surface area contributed by atoms with Gasteiger partial charge >= 0.3 is 0 Å². The van der Waals surface area contributed by atoms with Crippen LogP contribution in [0.25, 0.3) is 21.6 Å². The lowest BCUT2D eigenvalue weighted by atomic mass is 10.1. The fraction of sp³-hybridized carbons (Fsp3) is 0.333. The quantitative estimate of drug-likeness (QED) is 0.437. The van der Waals surface area contributed by atoms with Crippen molar-refractivity contribution >= 4 is 28.1 Å². The Labute approximate surface area is 195 Å². The van der Waals surface area contributed by atoms with Gasteiger partial charge in [0.1, 0.15) is 0 Å². The lowest BCUT2D eigenvalue weighted by Gasteiger charge is -2.35. The average molecular weight is 464 g/mol. The number of pyridine rings is 1. The summed E-state index contributed by atoms with van der Waals surface area (Å²) in [6.45, 7) is 3.81. The van der Waals surface area contributed by atoms with Crippen LogP contribution in [-0.4, -0.2) is 63.1 Å². The van der Waals surface area contributed by atoms with Crippen LogP contribution in [-0.2, 0) is 13.5 Å². The van der Waals surface area contributed by atoms with E-state index in [9.17, 15) is 9.59 Å². The molecule has 8 nitrogen and oxygen atoms in total. The molecule has 4 heterocycles. The third-order valence-electron chi connectivity index (χ3n) is 6.12. The van der Waals surface area contributed by atoms with Crippen molar-refractivity contribution in [2.24, 2.45) is 7.05 Å². The van der Waals surface area contributed by atoms with Gasteiger partial charge < -0.3 is 14.0 Å². The van der Waals surface area contributed by atoms with Crippen molar-refractivity contribution in [3.05, 3.63) is 69.7 Å². The maximum absolute atomic E-state index is 13.2. The van der Waals surface area contributed by atoms with Crippen LogP contribution in [0.4, 0.5) is 0 Å². The van der Waals surface area contributed by atoms with Crippen molar-refractivity contribution in [1.82, 2.24) is 24.5 Å². The number of carbonyl (C=O) groups is 1. The molecule has 4 aromatic rings. The highest BCUT2D eigenvalue weighted by atomic mass is 32.1. The molecule has 170 valence electrons. The van der Waals surface area contributed by atoms with E-state index < -0.39 is 0 Å². The zero-order chi connectivity index (χ0) is 22.8. The topological polar surface area (TPSA) is 84.5 Å². The van der Waals surface area contributed by atoms with Gasteiger partial charge in [0.05, 0.1) is 16.0 Å². The monoisotopic (exact) mass is 463 g/mol. The third kappa shape index (κ3) is 4.46. The van der Waals surface area contributed by atoms with Crippen LogP contribution in [0.3, 0.4) is 0 Å². The number of aryl methyl sites for hydroxylation is 2. The summed E-state index contributed by atoms with van der Waals surface area (Å²) in [5.41, 5.74) is 1.09. The first-order chi connectivity index (χ1) is 16.1. The molecular formula is C24H25N5O3S. The second-order valence-corrected chi connectivity index (χ2v) is 9.15. The molecule has 1 fully saturated rings. The minimum absolute atomic E-state index is 0.0736. The van der Waals surface area contributed by atoms with E-state index in [4.69, 9.17) is 4.52 Å². The van der Waals surface area contributed by atoms with E-state index in [2.05, 4.69) is 15.0 Å². The molecule has 0 spiro atoms. The van der Waals surface area contributed by atoms with Crippen LogP contribution in [0.2, 0.25) is 0 Å². The van der Waals surface area contributed by atoms with E-state index in [1.807, 2.05) is 46.7 Å². The third-order valence-corrected chi connectivity index (χ3v) is 6.98. The molecule has 1 aliphatic rings. The lowest BCUT2D eigenvalue weighted by molar-refractivity contribution is 0.0637. The predicted molar refractivity (Wildman–Crippen MR) is 127 cm³/mol. The number of para-hydroxylation sites is 1. The van der Waals surface area contributed by atoms with E-state index >= 15 is 0 Å². The molecule has 0 aliphatic carbocycles. The summed E-state index contributed by atoms with van der Waals surface area (Å²) in [6, 6.07) is 13.0. The molecule has 0 saturated carbocycles. The lowest BCUT2D eigenvalue weighted by Crippen LogP contribution is -2.49. The molecule has 0 bridgehead atoms. The number of benzene rings is 1. The van der Waals surface area contributed by atoms with Gasteiger partial charge in [-0.1, -0.05) is 29.4 Å². The zero-order valence-corrected chi connectivity index (χ0v) is 19.3. The Morgan fingerprint density at radius 2 is 1.94 bits per heavy atom. The van der Waals surface area contributed by atoms with Gasteiger partial charge in [0.2, 0.25) is 11.7 Å². The van der Waals surface area contributed by atoms with Gasteiger partial charge in [-0.3, -0.25) is 14.5 Å². The first kappa shape index (κ1) is 21.5. The number of fused-ring (bicyclic) bond motifs is 1. The van der Waals surface area contributed by atoms with Crippen molar-refractivity contribution in [3.8, 4) is 10.7 Å². The van der Waals surface area contributed by atoms with Gasteiger partial charge in [0.25, 0.3) is 11.5 Å². The summed E-state index contributed by atoms with van der Waals surface area (Å²) in [6.07, 6.45) is 1.65. The molecule has 0 atom stereocenters. The molecule has 1 aliphatic heterocycles. The van der Waals surface area contributed by atoms with E-state index in [0.29, 0.717) is 30.4 Å². The molecule has 9 heteroatoms. The second-order valence-electron chi connectivity index (χ2n) is 8.20. The van der Waals surface area contributed by atoms with Crippen LogP contribution in [0, 0.1) is 0 Å². The first-order valence-electron chi connectivity index (χ1n) is 11.1. The van der Waals surface area contributed by atoms with E-state index in [1.165, 1.54) is 6.07 Å². The number of hydrogen-bond acceptors (Lipinski definition) is 7. The van der Waals surface area contributed by atoms with E-state index in [0.717, 1.165) is 48.3 Å². The Kier molecular flexibility index (Phi) is 6.06.